The van der Waals surface area contributed by atoms with E-state index in [0.717, 1.165) is 19.5 Å². The molecule has 21 heavy (non-hydrogen) atoms. The van der Waals surface area contributed by atoms with E-state index in [4.69, 9.17) is 10.00 Å². The van der Waals surface area contributed by atoms with Gasteiger partial charge in [-0.2, -0.15) is 5.26 Å². The number of rotatable bonds is 5. The van der Waals surface area contributed by atoms with Gasteiger partial charge in [0.1, 0.15) is 17.5 Å². The van der Waals surface area contributed by atoms with Gasteiger partial charge in [-0.1, -0.05) is 6.07 Å². The van der Waals surface area contributed by atoms with Gasteiger partial charge in [0.15, 0.2) is 0 Å². The number of nitrogens with zero attached hydrogens (tertiary/aromatic N) is 1. The summed E-state index contributed by atoms with van der Waals surface area (Å²) < 4.78 is 5.21. The lowest BCUT2D eigenvalue weighted by atomic mass is 9.94. The van der Waals surface area contributed by atoms with Crippen molar-refractivity contribution in [2.45, 2.75) is 25.7 Å². The van der Waals surface area contributed by atoms with Crippen molar-refractivity contribution in [3.8, 4) is 11.8 Å². The first kappa shape index (κ1) is 15.3. The fraction of sp³-hybridized carbons (Fsp3) is 0.500. The molecule has 1 aromatic carbocycles. The van der Waals surface area contributed by atoms with E-state index >= 15 is 0 Å². The molecular formula is C16H21N3O2. The van der Waals surface area contributed by atoms with Crippen LogP contribution in [0.2, 0.25) is 0 Å². The Kier molecular flexibility index (Phi) is 5.59. The van der Waals surface area contributed by atoms with Gasteiger partial charge in [0, 0.05) is 6.42 Å². The summed E-state index contributed by atoms with van der Waals surface area (Å²) in [5.41, 5.74) is 0.885. The van der Waals surface area contributed by atoms with E-state index in [2.05, 4.69) is 16.7 Å². The maximum Gasteiger partial charge on any atom is 0.224 e. The number of carbonyl (C=O) groups excluding carboxylic acids is 1. The molecule has 1 heterocycles. The molecule has 1 aliphatic heterocycles. The molecule has 1 fully saturated rings. The maximum absolute atomic E-state index is 12.1. The Morgan fingerprint density at radius 3 is 3.10 bits per heavy atom. The molecule has 0 aromatic heterocycles. The van der Waals surface area contributed by atoms with Crippen LogP contribution in [0.15, 0.2) is 18.2 Å². The van der Waals surface area contributed by atoms with Crippen molar-refractivity contribution in [1.29, 1.82) is 5.26 Å². The molecule has 1 unspecified atom stereocenters. The van der Waals surface area contributed by atoms with Crippen molar-refractivity contribution in [2.75, 3.05) is 25.5 Å². The van der Waals surface area contributed by atoms with Gasteiger partial charge in [-0.25, -0.2) is 0 Å². The fourth-order valence-corrected chi connectivity index (χ4v) is 2.63. The summed E-state index contributed by atoms with van der Waals surface area (Å²) in [5.74, 6) is 1.01. The molecule has 0 radical (unpaired) electrons. The fourth-order valence-electron chi connectivity index (χ4n) is 2.63. The molecule has 5 nitrogen and oxygen atoms in total. The van der Waals surface area contributed by atoms with Crippen molar-refractivity contribution in [3.05, 3.63) is 23.8 Å². The van der Waals surface area contributed by atoms with Crippen LogP contribution in [0.1, 0.15) is 31.2 Å². The first-order valence-electron chi connectivity index (χ1n) is 7.32. The molecule has 0 aliphatic carbocycles. The number of methoxy groups -OCH3 is 1. The smallest absolute Gasteiger partial charge is 0.224 e. The topological polar surface area (TPSA) is 74.1 Å². The number of anilines is 1. The van der Waals surface area contributed by atoms with Crippen molar-refractivity contribution >= 4 is 11.6 Å². The highest BCUT2D eigenvalue weighted by molar-refractivity contribution is 5.93. The van der Waals surface area contributed by atoms with Crippen LogP contribution in [0.5, 0.6) is 5.75 Å². The number of nitrogens with one attached hydrogen (secondary N) is 2. The second kappa shape index (κ2) is 7.65. The number of para-hydroxylation sites is 1. The Labute approximate surface area is 125 Å². The largest absolute Gasteiger partial charge is 0.495 e. The summed E-state index contributed by atoms with van der Waals surface area (Å²) in [4.78, 5) is 12.1. The summed E-state index contributed by atoms with van der Waals surface area (Å²) in [5, 5.41) is 15.3. The van der Waals surface area contributed by atoms with Crippen molar-refractivity contribution in [3.63, 3.8) is 0 Å². The van der Waals surface area contributed by atoms with E-state index in [9.17, 15) is 4.79 Å². The Morgan fingerprint density at radius 1 is 1.57 bits per heavy atom. The number of amides is 1. The number of hydrogen-bond acceptors (Lipinski definition) is 4. The van der Waals surface area contributed by atoms with Crippen molar-refractivity contribution in [1.82, 2.24) is 5.32 Å². The molecule has 112 valence electrons. The molecule has 0 bridgehead atoms. The first-order chi connectivity index (χ1) is 10.2. The van der Waals surface area contributed by atoms with Gasteiger partial charge < -0.3 is 15.4 Å². The van der Waals surface area contributed by atoms with Crippen molar-refractivity contribution in [2.24, 2.45) is 5.92 Å². The number of nitriles is 1. The molecule has 0 saturated carbocycles. The number of ether oxygens (including phenoxy) is 1. The zero-order chi connectivity index (χ0) is 15.1. The highest BCUT2D eigenvalue weighted by Gasteiger charge is 2.16. The predicted octanol–water partition coefficient (Wildman–Crippen LogP) is 2.29. The minimum atomic E-state index is -0.0680. The lowest BCUT2D eigenvalue weighted by Crippen LogP contribution is -2.30. The first-order valence-corrected chi connectivity index (χ1v) is 7.32. The minimum Gasteiger partial charge on any atom is -0.495 e. The van der Waals surface area contributed by atoms with Gasteiger partial charge in [0.25, 0.3) is 0 Å². The lowest BCUT2D eigenvalue weighted by Gasteiger charge is -2.22. The van der Waals surface area contributed by atoms with Gasteiger partial charge in [-0.15, -0.1) is 0 Å². The number of benzene rings is 1. The zero-order valence-corrected chi connectivity index (χ0v) is 12.3. The molecule has 5 heteroatoms. The van der Waals surface area contributed by atoms with Crippen LogP contribution in [0.4, 0.5) is 5.69 Å². The van der Waals surface area contributed by atoms with Gasteiger partial charge in [0.05, 0.1) is 12.7 Å². The van der Waals surface area contributed by atoms with E-state index in [1.807, 2.05) is 0 Å². The SMILES string of the molecule is COc1cccc(C#N)c1NC(=O)CCC1CCCNC1. The van der Waals surface area contributed by atoms with Crippen LogP contribution < -0.4 is 15.4 Å². The van der Waals surface area contributed by atoms with E-state index < -0.39 is 0 Å². The highest BCUT2D eigenvalue weighted by atomic mass is 16.5. The van der Waals surface area contributed by atoms with Crippen LogP contribution in [0, 0.1) is 17.2 Å². The zero-order valence-electron chi connectivity index (χ0n) is 12.3. The average molecular weight is 287 g/mol. The van der Waals surface area contributed by atoms with Gasteiger partial charge >= 0.3 is 0 Å². The molecule has 1 amide bonds. The summed E-state index contributed by atoms with van der Waals surface area (Å²) >= 11 is 0. The van der Waals surface area contributed by atoms with E-state index in [1.165, 1.54) is 20.0 Å². The molecule has 2 N–H and O–H groups in total. The van der Waals surface area contributed by atoms with Crippen LogP contribution in [-0.2, 0) is 4.79 Å². The molecule has 1 atom stereocenters. The second-order valence-electron chi connectivity index (χ2n) is 5.29. The number of carbonyl (C=O) groups is 1. The molecule has 0 spiro atoms. The summed E-state index contributed by atoms with van der Waals surface area (Å²) in [6.07, 6.45) is 3.70. The quantitative estimate of drug-likeness (QED) is 0.871. The average Bonchev–Trinajstić information content (AvgIpc) is 2.54. The van der Waals surface area contributed by atoms with Crippen LogP contribution >= 0.6 is 0 Å². The lowest BCUT2D eigenvalue weighted by molar-refractivity contribution is -0.116. The Hall–Kier alpha value is -2.06. The van der Waals surface area contributed by atoms with E-state index in [-0.39, 0.29) is 5.91 Å². The molecular weight excluding hydrogens is 266 g/mol. The minimum absolute atomic E-state index is 0.0680. The van der Waals surface area contributed by atoms with E-state index in [1.54, 1.807) is 18.2 Å². The molecule has 1 aromatic rings. The highest BCUT2D eigenvalue weighted by Crippen LogP contribution is 2.28. The summed E-state index contributed by atoms with van der Waals surface area (Å²) in [6, 6.07) is 7.22. The predicted molar refractivity (Wildman–Crippen MR) is 81.2 cm³/mol. The van der Waals surface area contributed by atoms with Gasteiger partial charge in [-0.3, -0.25) is 4.79 Å². The third kappa shape index (κ3) is 4.20. The van der Waals surface area contributed by atoms with Crippen LogP contribution in [0.3, 0.4) is 0 Å². The van der Waals surface area contributed by atoms with Crippen LogP contribution in [0.25, 0.3) is 0 Å². The number of hydrogen-bond donors (Lipinski definition) is 2. The summed E-state index contributed by atoms with van der Waals surface area (Å²) in [7, 11) is 1.53. The number of piperidine rings is 1. The Balaban J connectivity index is 1.94. The van der Waals surface area contributed by atoms with Crippen LogP contribution in [-0.4, -0.2) is 26.1 Å². The second-order valence-corrected chi connectivity index (χ2v) is 5.29. The normalized spacial score (nSPS) is 17.8. The standard InChI is InChI=1S/C16H21N3O2/c1-21-14-6-2-5-13(10-17)16(14)19-15(20)8-7-12-4-3-9-18-11-12/h2,5-6,12,18H,3-4,7-9,11H2,1H3,(H,19,20). The molecule has 1 aliphatic rings. The molecule has 2 rings (SSSR count). The third-order valence-corrected chi connectivity index (χ3v) is 3.81. The van der Waals surface area contributed by atoms with Crippen molar-refractivity contribution < 1.29 is 9.53 Å². The Morgan fingerprint density at radius 2 is 2.43 bits per heavy atom. The maximum atomic E-state index is 12.1. The molecule has 1 saturated heterocycles. The monoisotopic (exact) mass is 287 g/mol. The Bertz CT molecular complexity index is 531. The van der Waals surface area contributed by atoms with Gasteiger partial charge in [-0.05, 0) is 50.4 Å². The third-order valence-electron chi connectivity index (χ3n) is 3.81. The summed E-state index contributed by atoms with van der Waals surface area (Å²) in [6.45, 7) is 2.07. The van der Waals surface area contributed by atoms with Gasteiger partial charge in [0.2, 0.25) is 5.91 Å². The van der Waals surface area contributed by atoms with E-state index in [0.29, 0.717) is 29.3 Å².